The molecule has 39 heavy (non-hydrogen) atoms. The zero-order chi connectivity index (χ0) is 27.4. The molecule has 0 bridgehead atoms. The molecule has 1 fully saturated rings. The Kier molecular flexibility index (Phi) is 7.58. The monoisotopic (exact) mass is 529 g/mol. The van der Waals surface area contributed by atoms with Crippen LogP contribution in [0.4, 0.5) is 30.9 Å². The fourth-order valence-electron chi connectivity index (χ4n) is 4.46. The van der Waals surface area contributed by atoms with Crippen molar-refractivity contribution < 1.29 is 13.6 Å². The molecule has 1 aliphatic rings. The average molecular weight is 530 g/mol. The number of amides is 2. The molecule has 4 aromatic rings. The Balaban J connectivity index is 1.41. The van der Waals surface area contributed by atoms with Gasteiger partial charge in [-0.15, -0.1) is 0 Å². The van der Waals surface area contributed by atoms with Gasteiger partial charge in [-0.25, -0.2) is 24.6 Å². The quantitative estimate of drug-likeness (QED) is 0.332. The summed E-state index contributed by atoms with van der Waals surface area (Å²) in [5, 5.41) is 2.82. The van der Waals surface area contributed by atoms with Crippen molar-refractivity contribution in [3.05, 3.63) is 96.4 Å². The van der Waals surface area contributed by atoms with E-state index in [4.69, 9.17) is 0 Å². The van der Waals surface area contributed by atoms with E-state index in [2.05, 4.69) is 20.3 Å². The molecule has 0 aliphatic carbocycles. The Morgan fingerprint density at radius 2 is 1.69 bits per heavy atom. The zero-order valence-corrected chi connectivity index (χ0v) is 21.8. The number of anilines is 3. The molecular weight excluding hydrogens is 500 g/mol. The molecule has 0 radical (unpaired) electrons. The number of aryl methyl sites for hydroxylation is 1. The van der Waals surface area contributed by atoms with Gasteiger partial charge in [-0.2, -0.15) is 8.78 Å². The van der Waals surface area contributed by atoms with Crippen LogP contribution >= 0.6 is 0 Å². The predicted octanol–water partition coefficient (Wildman–Crippen LogP) is 5.51. The number of pyridine rings is 1. The highest BCUT2D eigenvalue weighted by Gasteiger charge is 2.40. The van der Waals surface area contributed by atoms with Crippen molar-refractivity contribution in [2.45, 2.75) is 13.0 Å². The summed E-state index contributed by atoms with van der Waals surface area (Å²) in [6.45, 7) is 3.62. The highest BCUT2D eigenvalue weighted by molar-refractivity contribution is 6.06. The smallest absolute Gasteiger partial charge is 0.307 e. The van der Waals surface area contributed by atoms with Crippen molar-refractivity contribution in [2.75, 3.05) is 43.4 Å². The average Bonchev–Trinajstić information content (AvgIpc) is 2.95. The number of hydrogen-bond acceptors (Lipinski definition) is 6. The van der Waals surface area contributed by atoms with Gasteiger partial charge in [-0.05, 0) is 68.1 Å². The SMILES string of the molecule is Cc1ccccc1N(C(=O)Nc1ccc(C(F)(F)N2CCN(C)CC2)cc1)c1nccc(-c2cccnc2)n1. The van der Waals surface area contributed by atoms with Gasteiger partial charge in [0.25, 0.3) is 0 Å². The van der Waals surface area contributed by atoms with Crippen molar-refractivity contribution in [1.29, 1.82) is 0 Å². The molecule has 0 saturated carbocycles. The molecule has 0 unspecified atom stereocenters. The number of halogens is 2. The molecule has 10 heteroatoms. The van der Waals surface area contributed by atoms with Crippen LogP contribution in [0.3, 0.4) is 0 Å². The van der Waals surface area contributed by atoms with Crippen LogP contribution in [0.1, 0.15) is 11.1 Å². The van der Waals surface area contributed by atoms with Crippen LogP contribution < -0.4 is 10.2 Å². The summed E-state index contributed by atoms with van der Waals surface area (Å²) in [6.07, 6.45) is 4.94. The first kappa shape index (κ1) is 26.3. The van der Waals surface area contributed by atoms with Gasteiger partial charge in [0.05, 0.1) is 11.4 Å². The van der Waals surface area contributed by atoms with Crippen molar-refractivity contribution in [2.24, 2.45) is 0 Å². The highest BCUT2D eigenvalue weighted by atomic mass is 19.3. The molecule has 2 amide bonds. The van der Waals surface area contributed by atoms with Crippen molar-refractivity contribution in [1.82, 2.24) is 24.8 Å². The summed E-state index contributed by atoms with van der Waals surface area (Å²) in [7, 11) is 1.92. The maximum absolute atomic E-state index is 15.1. The molecular formula is C29H29F2N7O. The van der Waals surface area contributed by atoms with Crippen molar-refractivity contribution in [3.8, 4) is 11.3 Å². The largest absolute Gasteiger partial charge is 0.333 e. The number of nitrogens with one attached hydrogen (secondary N) is 1. The van der Waals surface area contributed by atoms with E-state index in [9.17, 15) is 4.79 Å². The van der Waals surface area contributed by atoms with E-state index < -0.39 is 12.1 Å². The van der Waals surface area contributed by atoms with Gasteiger partial charge >= 0.3 is 12.1 Å². The fraction of sp³-hybridized carbons (Fsp3) is 0.241. The summed E-state index contributed by atoms with van der Waals surface area (Å²) in [6, 6.07) is 14.9. The number of benzene rings is 2. The molecule has 0 spiro atoms. The fourth-order valence-corrected chi connectivity index (χ4v) is 4.46. The molecule has 0 atom stereocenters. The first-order chi connectivity index (χ1) is 18.8. The lowest BCUT2D eigenvalue weighted by atomic mass is 10.1. The maximum atomic E-state index is 15.1. The van der Waals surface area contributed by atoms with Crippen LogP contribution in [0.25, 0.3) is 11.3 Å². The molecule has 8 nitrogen and oxygen atoms in total. The first-order valence-corrected chi connectivity index (χ1v) is 12.6. The number of alkyl halides is 2. The third-order valence-corrected chi connectivity index (χ3v) is 6.74. The minimum atomic E-state index is -3.10. The Bertz CT molecular complexity index is 1430. The first-order valence-electron chi connectivity index (χ1n) is 12.6. The van der Waals surface area contributed by atoms with Crippen LogP contribution in [0.5, 0.6) is 0 Å². The van der Waals surface area contributed by atoms with Gasteiger partial charge in [0, 0.05) is 61.6 Å². The van der Waals surface area contributed by atoms with Gasteiger partial charge in [0.2, 0.25) is 5.95 Å². The van der Waals surface area contributed by atoms with Gasteiger partial charge < -0.3 is 10.2 Å². The summed E-state index contributed by atoms with van der Waals surface area (Å²) in [5.74, 6) is 0.168. The molecule has 1 N–H and O–H groups in total. The maximum Gasteiger partial charge on any atom is 0.333 e. The number of urea groups is 1. The van der Waals surface area contributed by atoms with E-state index in [0.29, 0.717) is 30.2 Å². The van der Waals surface area contributed by atoms with Gasteiger partial charge in [-0.3, -0.25) is 4.98 Å². The lowest BCUT2D eigenvalue weighted by molar-refractivity contribution is -0.166. The summed E-state index contributed by atoms with van der Waals surface area (Å²) >= 11 is 0. The number of rotatable bonds is 6. The van der Waals surface area contributed by atoms with Crippen molar-refractivity contribution in [3.63, 3.8) is 0 Å². The molecule has 1 aliphatic heterocycles. The number of aromatic nitrogens is 3. The van der Waals surface area contributed by atoms with E-state index in [1.165, 1.54) is 34.1 Å². The summed E-state index contributed by atoms with van der Waals surface area (Å²) < 4.78 is 30.3. The number of piperazine rings is 1. The van der Waals surface area contributed by atoms with E-state index in [1.807, 2.05) is 43.1 Å². The van der Waals surface area contributed by atoms with E-state index in [1.54, 1.807) is 36.8 Å². The second kappa shape index (κ2) is 11.2. The second-order valence-electron chi connectivity index (χ2n) is 9.44. The zero-order valence-electron chi connectivity index (χ0n) is 21.8. The number of hydrogen-bond donors (Lipinski definition) is 1. The third-order valence-electron chi connectivity index (χ3n) is 6.74. The predicted molar refractivity (Wildman–Crippen MR) is 147 cm³/mol. The summed E-state index contributed by atoms with van der Waals surface area (Å²) in [5.41, 5.74) is 3.08. The lowest BCUT2D eigenvalue weighted by Gasteiger charge is -2.37. The van der Waals surface area contributed by atoms with E-state index >= 15 is 8.78 Å². The second-order valence-corrected chi connectivity index (χ2v) is 9.44. The molecule has 2 aromatic heterocycles. The molecule has 3 heterocycles. The minimum absolute atomic E-state index is 0.117. The van der Waals surface area contributed by atoms with Crippen LogP contribution in [-0.2, 0) is 6.05 Å². The van der Waals surface area contributed by atoms with Crippen LogP contribution in [0.15, 0.2) is 85.3 Å². The minimum Gasteiger partial charge on any atom is -0.307 e. The van der Waals surface area contributed by atoms with Gasteiger partial charge in [0.1, 0.15) is 0 Å². The Hall–Kier alpha value is -4.28. The summed E-state index contributed by atoms with van der Waals surface area (Å²) in [4.78, 5) is 31.4. The van der Waals surface area contributed by atoms with Crippen molar-refractivity contribution >= 4 is 23.4 Å². The Morgan fingerprint density at radius 3 is 2.38 bits per heavy atom. The van der Waals surface area contributed by atoms with Crippen LogP contribution in [0, 0.1) is 6.92 Å². The number of carbonyl (C=O) groups is 1. The molecule has 5 rings (SSSR count). The lowest BCUT2D eigenvalue weighted by Crippen LogP contribution is -2.51. The van der Waals surface area contributed by atoms with Gasteiger partial charge in [-0.1, -0.05) is 18.2 Å². The number of nitrogens with zero attached hydrogens (tertiary/aromatic N) is 6. The topological polar surface area (TPSA) is 77.5 Å². The Morgan fingerprint density at radius 1 is 0.949 bits per heavy atom. The Labute approximate surface area is 225 Å². The van der Waals surface area contributed by atoms with E-state index in [0.717, 1.165) is 11.1 Å². The van der Waals surface area contributed by atoms with Gasteiger partial charge in [0.15, 0.2) is 0 Å². The number of likely N-dealkylation sites (N-methyl/N-ethyl adjacent to an activating group) is 1. The molecule has 2 aromatic carbocycles. The normalized spacial score (nSPS) is 14.7. The number of carbonyl (C=O) groups excluding carboxylic acids is 1. The molecule has 200 valence electrons. The standard InChI is InChI=1S/C29H29F2N7O/c1-21-6-3-4-8-26(21)38(27-33-15-13-25(35-27)22-7-5-14-32-20-22)28(39)34-24-11-9-23(10-12-24)29(30,31)37-18-16-36(2)17-19-37/h3-15,20H,16-19H2,1-2H3,(H,34,39). The molecule has 1 saturated heterocycles. The highest BCUT2D eigenvalue weighted by Crippen LogP contribution is 2.34. The third kappa shape index (κ3) is 5.76. The number of para-hydroxylation sites is 1. The van der Waals surface area contributed by atoms with E-state index in [-0.39, 0.29) is 24.6 Å². The van der Waals surface area contributed by atoms with Crippen LogP contribution in [-0.4, -0.2) is 64.0 Å². The van der Waals surface area contributed by atoms with Crippen LogP contribution in [0.2, 0.25) is 0 Å².